The SMILES string of the molecule is C[C@@H]1CC(=O)N2CCc3c[nH]c4cccc(c34)[C@@]12C. The van der Waals surface area contributed by atoms with Crippen molar-refractivity contribution in [2.45, 2.75) is 32.2 Å². The number of amides is 1. The van der Waals surface area contributed by atoms with Crippen molar-refractivity contribution in [2.75, 3.05) is 6.54 Å². The van der Waals surface area contributed by atoms with Crippen molar-refractivity contribution in [1.29, 1.82) is 0 Å². The molecule has 1 aromatic carbocycles. The first-order valence-corrected chi connectivity index (χ1v) is 7.02. The van der Waals surface area contributed by atoms with Crippen molar-refractivity contribution in [3.8, 4) is 0 Å². The molecule has 1 N–H and O–H groups in total. The van der Waals surface area contributed by atoms with Gasteiger partial charge in [-0.1, -0.05) is 19.1 Å². The molecular formula is C16H18N2O. The summed E-state index contributed by atoms with van der Waals surface area (Å²) in [4.78, 5) is 17.8. The number of hydrogen-bond acceptors (Lipinski definition) is 1. The van der Waals surface area contributed by atoms with Crippen LogP contribution < -0.4 is 0 Å². The van der Waals surface area contributed by atoms with Crippen LogP contribution in [0, 0.1) is 5.92 Å². The van der Waals surface area contributed by atoms with Gasteiger partial charge in [-0.15, -0.1) is 0 Å². The fourth-order valence-corrected chi connectivity index (χ4v) is 3.97. The largest absolute Gasteiger partial charge is 0.361 e. The first kappa shape index (κ1) is 11.1. The predicted octanol–water partition coefficient (Wildman–Crippen LogP) is 2.81. The Labute approximate surface area is 112 Å². The van der Waals surface area contributed by atoms with Crippen molar-refractivity contribution >= 4 is 16.8 Å². The Hall–Kier alpha value is -1.77. The fourth-order valence-electron chi connectivity index (χ4n) is 3.97. The number of carbonyl (C=O) groups is 1. The molecule has 3 heterocycles. The summed E-state index contributed by atoms with van der Waals surface area (Å²) in [6.45, 7) is 5.27. The quantitative estimate of drug-likeness (QED) is 0.771. The second-order valence-corrected chi connectivity index (χ2v) is 6.09. The molecule has 2 aliphatic rings. The maximum absolute atomic E-state index is 12.3. The van der Waals surface area contributed by atoms with Gasteiger partial charge in [-0.25, -0.2) is 0 Å². The zero-order valence-electron chi connectivity index (χ0n) is 11.4. The lowest BCUT2D eigenvalue weighted by Crippen LogP contribution is -2.43. The summed E-state index contributed by atoms with van der Waals surface area (Å²) in [7, 11) is 0. The highest BCUT2D eigenvalue weighted by atomic mass is 16.2. The Morgan fingerprint density at radius 1 is 1.42 bits per heavy atom. The molecule has 3 nitrogen and oxygen atoms in total. The monoisotopic (exact) mass is 254 g/mol. The van der Waals surface area contributed by atoms with Gasteiger partial charge >= 0.3 is 0 Å². The van der Waals surface area contributed by atoms with Gasteiger partial charge in [0.2, 0.25) is 5.91 Å². The highest BCUT2D eigenvalue weighted by Crippen LogP contribution is 2.48. The number of nitrogens with one attached hydrogen (secondary N) is 1. The summed E-state index contributed by atoms with van der Waals surface area (Å²) >= 11 is 0. The van der Waals surface area contributed by atoms with E-state index in [2.05, 4.69) is 48.1 Å². The van der Waals surface area contributed by atoms with Crippen LogP contribution >= 0.6 is 0 Å². The Morgan fingerprint density at radius 2 is 2.26 bits per heavy atom. The summed E-state index contributed by atoms with van der Waals surface area (Å²) in [6, 6.07) is 6.43. The van der Waals surface area contributed by atoms with Crippen LogP contribution in [0.1, 0.15) is 31.4 Å². The van der Waals surface area contributed by atoms with Crippen molar-refractivity contribution in [1.82, 2.24) is 9.88 Å². The zero-order valence-corrected chi connectivity index (χ0v) is 11.4. The first-order valence-electron chi connectivity index (χ1n) is 7.02. The molecule has 19 heavy (non-hydrogen) atoms. The molecular weight excluding hydrogens is 236 g/mol. The molecule has 0 unspecified atom stereocenters. The summed E-state index contributed by atoms with van der Waals surface area (Å²) in [6.07, 6.45) is 3.73. The number of nitrogens with zero attached hydrogens (tertiary/aromatic N) is 1. The molecule has 0 bridgehead atoms. The van der Waals surface area contributed by atoms with Gasteiger partial charge in [0.1, 0.15) is 0 Å². The summed E-state index contributed by atoms with van der Waals surface area (Å²) in [5.74, 6) is 0.674. The van der Waals surface area contributed by atoms with Crippen LogP contribution in [0.4, 0.5) is 0 Å². The van der Waals surface area contributed by atoms with Crippen LogP contribution in [0.3, 0.4) is 0 Å². The highest BCUT2D eigenvalue weighted by molar-refractivity contribution is 5.90. The molecule has 98 valence electrons. The third-order valence-electron chi connectivity index (χ3n) is 5.24. The van der Waals surface area contributed by atoms with E-state index in [-0.39, 0.29) is 5.54 Å². The number of carbonyl (C=O) groups excluding carboxylic acids is 1. The smallest absolute Gasteiger partial charge is 0.223 e. The van der Waals surface area contributed by atoms with E-state index < -0.39 is 0 Å². The molecule has 0 spiro atoms. The topological polar surface area (TPSA) is 36.1 Å². The van der Waals surface area contributed by atoms with E-state index in [0.29, 0.717) is 18.2 Å². The van der Waals surface area contributed by atoms with Gasteiger partial charge in [0.15, 0.2) is 0 Å². The third-order valence-corrected chi connectivity index (χ3v) is 5.24. The Kier molecular flexibility index (Phi) is 1.99. The number of fused-ring (bicyclic) bond motifs is 2. The molecule has 0 aliphatic carbocycles. The molecule has 2 aromatic rings. The number of benzene rings is 1. The molecule has 1 fully saturated rings. The van der Waals surface area contributed by atoms with E-state index in [4.69, 9.17) is 0 Å². The standard InChI is InChI=1S/C16H18N2O/c1-10-8-14(19)18-7-6-11-9-17-13-5-3-4-12(15(11)13)16(10,18)2/h3-5,9-10,17H,6-8H2,1-2H3/t10-,16-/m1/s1. The maximum Gasteiger partial charge on any atom is 0.223 e. The Balaban J connectivity index is 2.08. The van der Waals surface area contributed by atoms with Gasteiger partial charge in [-0.05, 0) is 36.5 Å². The number of aromatic nitrogens is 1. The second kappa shape index (κ2) is 3.41. The number of H-pyrrole nitrogens is 1. The Bertz CT molecular complexity index is 687. The third kappa shape index (κ3) is 1.20. The number of rotatable bonds is 0. The molecule has 0 radical (unpaired) electrons. The van der Waals surface area contributed by atoms with E-state index in [1.54, 1.807) is 0 Å². The van der Waals surface area contributed by atoms with Crippen molar-refractivity contribution in [3.63, 3.8) is 0 Å². The lowest BCUT2D eigenvalue weighted by Gasteiger charge is -2.38. The minimum Gasteiger partial charge on any atom is -0.361 e. The summed E-state index contributed by atoms with van der Waals surface area (Å²) in [5, 5.41) is 1.34. The first-order chi connectivity index (χ1) is 9.12. The van der Waals surface area contributed by atoms with E-state index in [9.17, 15) is 4.79 Å². The maximum atomic E-state index is 12.3. The minimum absolute atomic E-state index is 0.149. The molecule has 0 saturated carbocycles. The van der Waals surface area contributed by atoms with Gasteiger partial charge in [-0.2, -0.15) is 0 Å². The predicted molar refractivity (Wildman–Crippen MR) is 74.8 cm³/mol. The van der Waals surface area contributed by atoms with Gasteiger partial charge in [0.25, 0.3) is 0 Å². The van der Waals surface area contributed by atoms with Gasteiger partial charge in [0, 0.05) is 30.1 Å². The normalized spacial score (nSPS) is 29.7. The van der Waals surface area contributed by atoms with Crippen LogP contribution in [-0.4, -0.2) is 22.3 Å². The van der Waals surface area contributed by atoms with E-state index >= 15 is 0 Å². The molecule has 1 amide bonds. The van der Waals surface area contributed by atoms with E-state index in [0.717, 1.165) is 13.0 Å². The van der Waals surface area contributed by atoms with Crippen LogP contribution in [-0.2, 0) is 16.8 Å². The van der Waals surface area contributed by atoms with Crippen LogP contribution in [0.25, 0.3) is 10.9 Å². The Morgan fingerprint density at radius 3 is 3.11 bits per heavy atom. The molecule has 2 aliphatic heterocycles. The number of hydrogen-bond donors (Lipinski definition) is 1. The van der Waals surface area contributed by atoms with Gasteiger partial charge in [0.05, 0.1) is 5.54 Å². The van der Waals surface area contributed by atoms with Crippen LogP contribution in [0.2, 0.25) is 0 Å². The molecule has 3 heteroatoms. The lowest BCUT2D eigenvalue weighted by atomic mass is 9.80. The van der Waals surface area contributed by atoms with Crippen LogP contribution in [0.5, 0.6) is 0 Å². The fraction of sp³-hybridized carbons (Fsp3) is 0.438. The highest BCUT2D eigenvalue weighted by Gasteiger charge is 2.49. The van der Waals surface area contributed by atoms with Crippen molar-refractivity contribution in [3.05, 3.63) is 35.5 Å². The van der Waals surface area contributed by atoms with Gasteiger partial charge < -0.3 is 9.88 Å². The number of aromatic amines is 1. The van der Waals surface area contributed by atoms with E-state index in [1.165, 1.54) is 22.0 Å². The minimum atomic E-state index is -0.149. The molecule has 2 atom stereocenters. The average molecular weight is 254 g/mol. The zero-order chi connectivity index (χ0) is 13.2. The van der Waals surface area contributed by atoms with E-state index in [1.807, 2.05) is 0 Å². The van der Waals surface area contributed by atoms with Gasteiger partial charge in [-0.3, -0.25) is 4.79 Å². The second-order valence-electron chi connectivity index (χ2n) is 6.09. The van der Waals surface area contributed by atoms with Crippen LogP contribution in [0.15, 0.2) is 24.4 Å². The molecule has 4 rings (SSSR count). The lowest BCUT2D eigenvalue weighted by molar-refractivity contribution is -0.131. The van der Waals surface area contributed by atoms with Crippen molar-refractivity contribution < 1.29 is 4.79 Å². The summed E-state index contributed by atoms with van der Waals surface area (Å²) < 4.78 is 0. The molecule has 1 aromatic heterocycles. The molecule has 1 saturated heterocycles. The average Bonchev–Trinajstić information content (AvgIpc) is 2.84. The summed E-state index contributed by atoms with van der Waals surface area (Å²) in [5.41, 5.74) is 3.71. The van der Waals surface area contributed by atoms with Crippen molar-refractivity contribution in [2.24, 2.45) is 5.92 Å².